The number of phenolic OH excluding ortho intramolecular Hbond substituents is 1. The predicted molar refractivity (Wildman–Crippen MR) is 82.0 cm³/mol. The Labute approximate surface area is 125 Å². The van der Waals surface area contributed by atoms with Crippen molar-refractivity contribution in [2.45, 2.75) is 5.25 Å². The van der Waals surface area contributed by atoms with E-state index in [1.165, 1.54) is 5.56 Å². The molecule has 0 bridgehead atoms. The quantitative estimate of drug-likeness (QED) is 0.861. The van der Waals surface area contributed by atoms with E-state index in [0.717, 1.165) is 9.99 Å². The lowest BCUT2D eigenvalue weighted by Gasteiger charge is -2.08. The Hall–Kier alpha value is -1.84. The minimum atomic E-state index is 0.274. The van der Waals surface area contributed by atoms with Gasteiger partial charge in [-0.15, -0.1) is 23.5 Å². The van der Waals surface area contributed by atoms with Crippen molar-refractivity contribution < 1.29 is 5.11 Å². The van der Waals surface area contributed by atoms with Gasteiger partial charge in [-0.05, 0) is 17.7 Å². The lowest BCUT2D eigenvalue weighted by molar-refractivity contribution is 0.475. The maximum absolute atomic E-state index is 9.34. The van der Waals surface area contributed by atoms with Gasteiger partial charge in [-0.2, -0.15) is 5.26 Å². The molecule has 1 atom stereocenters. The van der Waals surface area contributed by atoms with Gasteiger partial charge in [0.15, 0.2) is 0 Å². The minimum Gasteiger partial charge on any atom is -0.508 e. The monoisotopic (exact) mass is 301 g/mol. The molecule has 6 heteroatoms. The van der Waals surface area contributed by atoms with Gasteiger partial charge in [0.25, 0.3) is 0 Å². The van der Waals surface area contributed by atoms with Crippen molar-refractivity contribution in [1.82, 2.24) is 9.55 Å². The molecule has 1 aromatic carbocycles. The van der Waals surface area contributed by atoms with Gasteiger partial charge in [-0.25, -0.2) is 4.98 Å². The second-order valence-electron chi connectivity index (χ2n) is 4.23. The van der Waals surface area contributed by atoms with Crippen LogP contribution in [-0.2, 0) is 0 Å². The fourth-order valence-corrected chi connectivity index (χ4v) is 4.82. The van der Waals surface area contributed by atoms with Gasteiger partial charge in [0.1, 0.15) is 17.5 Å². The molecule has 1 fully saturated rings. The summed E-state index contributed by atoms with van der Waals surface area (Å²) in [5.74, 6) is 1.20. The molecule has 1 aliphatic heterocycles. The van der Waals surface area contributed by atoms with Crippen LogP contribution in [0, 0.1) is 11.3 Å². The SMILES string of the molecule is N#C/C(=C1\SCC(c2ccc(O)cc2)S1)n1ccnc1. The van der Waals surface area contributed by atoms with Crippen molar-refractivity contribution in [2.24, 2.45) is 0 Å². The zero-order valence-electron chi connectivity index (χ0n) is 10.4. The minimum absolute atomic E-state index is 0.274. The number of imidazole rings is 1. The molecule has 0 spiro atoms. The fraction of sp³-hybridized carbons (Fsp3) is 0.143. The second-order valence-corrected chi connectivity index (χ2v) is 6.73. The zero-order chi connectivity index (χ0) is 13.9. The number of benzene rings is 1. The third-order valence-electron chi connectivity index (χ3n) is 2.94. The lowest BCUT2D eigenvalue weighted by atomic mass is 10.1. The number of thioether (sulfide) groups is 2. The van der Waals surface area contributed by atoms with Crippen molar-refractivity contribution in [3.63, 3.8) is 0 Å². The van der Waals surface area contributed by atoms with Gasteiger partial charge < -0.3 is 5.11 Å². The van der Waals surface area contributed by atoms with Gasteiger partial charge in [0.2, 0.25) is 0 Å². The number of rotatable bonds is 2. The molecule has 1 N–H and O–H groups in total. The molecule has 1 unspecified atom stereocenters. The Morgan fingerprint density at radius 3 is 2.85 bits per heavy atom. The normalized spacial score (nSPS) is 20.6. The second kappa shape index (κ2) is 5.65. The Morgan fingerprint density at radius 1 is 1.40 bits per heavy atom. The topological polar surface area (TPSA) is 61.8 Å². The van der Waals surface area contributed by atoms with Crippen molar-refractivity contribution in [2.75, 3.05) is 5.75 Å². The standard InChI is InChI=1S/C14H11N3OS2/c15-7-12(17-6-5-16-9-17)14-19-8-13(20-14)10-1-3-11(18)4-2-10/h1-6,9,13,18H,8H2/b14-12-. The summed E-state index contributed by atoms with van der Waals surface area (Å²) in [6, 6.07) is 9.50. The van der Waals surface area contributed by atoms with Crippen LogP contribution in [0.5, 0.6) is 5.75 Å². The van der Waals surface area contributed by atoms with Gasteiger partial charge in [-0.1, -0.05) is 12.1 Å². The Balaban J connectivity index is 1.86. The van der Waals surface area contributed by atoms with Crippen molar-refractivity contribution >= 4 is 29.2 Å². The highest BCUT2D eigenvalue weighted by Gasteiger charge is 2.26. The summed E-state index contributed by atoms with van der Waals surface area (Å²) in [7, 11) is 0. The van der Waals surface area contributed by atoms with E-state index in [0.29, 0.717) is 10.9 Å². The van der Waals surface area contributed by atoms with E-state index >= 15 is 0 Å². The van der Waals surface area contributed by atoms with Crippen LogP contribution in [0.25, 0.3) is 5.70 Å². The molecular weight excluding hydrogens is 290 g/mol. The van der Waals surface area contributed by atoms with Gasteiger partial charge >= 0.3 is 0 Å². The van der Waals surface area contributed by atoms with E-state index in [1.54, 1.807) is 58.9 Å². The average Bonchev–Trinajstić information content (AvgIpc) is 3.12. The summed E-state index contributed by atoms with van der Waals surface area (Å²) in [4.78, 5) is 3.98. The first-order valence-electron chi connectivity index (χ1n) is 5.99. The molecule has 0 aliphatic carbocycles. The number of phenols is 1. The van der Waals surface area contributed by atoms with Gasteiger partial charge in [0.05, 0.1) is 10.6 Å². The maximum Gasteiger partial charge on any atom is 0.145 e. The summed E-state index contributed by atoms with van der Waals surface area (Å²) in [6.07, 6.45) is 5.08. The van der Waals surface area contributed by atoms with Crippen LogP contribution in [0.3, 0.4) is 0 Å². The number of aromatic hydroxyl groups is 1. The highest BCUT2D eigenvalue weighted by molar-refractivity contribution is 8.25. The molecule has 1 aromatic heterocycles. The smallest absolute Gasteiger partial charge is 0.145 e. The molecule has 0 amide bonds. The molecule has 1 saturated heterocycles. The van der Waals surface area contributed by atoms with Gasteiger partial charge in [-0.3, -0.25) is 4.57 Å². The number of hydrogen-bond donors (Lipinski definition) is 1. The van der Waals surface area contributed by atoms with Gasteiger partial charge in [0, 0.05) is 23.4 Å². The first-order chi connectivity index (χ1) is 9.78. The fourth-order valence-electron chi connectivity index (χ4n) is 1.93. The van der Waals surface area contributed by atoms with E-state index in [-0.39, 0.29) is 5.75 Å². The van der Waals surface area contributed by atoms with Crippen molar-refractivity contribution in [3.8, 4) is 11.8 Å². The molecule has 0 saturated carbocycles. The highest BCUT2D eigenvalue weighted by atomic mass is 32.2. The number of allylic oxidation sites excluding steroid dienone is 1. The molecular formula is C14H11N3OS2. The van der Waals surface area contributed by atoms with Crippen molar-refractivity contribution in [1.29, 1.82) is 5.26 Å². The number of hydrogen-bond acceptors (Lipinski definition) is 5. The van der Waals surface area contributed by atoms with E-state index in [4.69, 9.17) is 0 Å². The maximum atomic E-state index is 9.34. The van der Waals surface area contributed by atoms with Crippen LogP contribution < -0.4 is 0 Å². The zero-order valence-corrected chi connectivity index (χ0v) is 12.1. The number of nitriles is 1. The molecule has 1 aliphatic rings. The third kappa shape index (κ3) is 2.55. The summed E-state index contributed by atoms with van der Waals surface area (Å²) >= 11 is 3.38. The van der Waals surface area contributed by atoms with Crippen molar-refractivity contribution in [3.05, 3.63) is 52.8 Å². The molecule has 100 valence electrons. The van der Waals surface area contributed by atoms with Crippen LogP contribution in [0.4, 0.5) is 0 Å². The number of aromatic nitrogens is 2. The first-order valence-corrected chi connectivity index (χ1v) is 7.85. The lowest BCUT2D eigenvalue weighted by Crippen LogP contribution is -1.92. The van der Waals surface area contributed by atoms with Crippen LogP contribution >= 0.6 is 23.5 Å². The molecule has 20 heavy (non-hydrogen) atoms. The third-order valence-corrected chi connectivity index (χ3v) is 5.88. The molecule has 4 nitrogen and oxygen atoms in total. The van der Waals surface area contributed by atoms with E-state index in [1.807, 2.05) is 12.1 Å². The molecule has 2 heterocycles. The first kappa shape index (κ1) is 13.2. The largest absolute Gasteiger partial charge is 0.508 e. The molecule has 3 rings (SSSR count). The van der Waals surface area contributed by atoms with Crippen LogP contribution in [0.2, 0.25) is 0 Å². The number of nitrogens with zero attached hydrogens (tertiary/aromatic N) is 3. The van der Waals surface area contributed by atoms with Crippen LogP contribution in [0.1, 0.15) is 10.8 Å². The molecule has 2 aromatic rings. The summed E-state index contributed by atoms with van der Waals surface area (Å²) in [5, 5.41) is 19.0. The Kier molecular flexibility index (Phi) is 3.72. The van der Waals surface area contributed by atoms with Crippen LogP contribution in [-0.4, -0.2) is 20.4 Å². The van der Waals surface area contributed by atoms with E-state index in [2.05, 4.69) is 11.1 Å². The summed E-state index contributed by atoms with van der Waals surface area (Å²) in [5.41, 5.74) is 1.79. The highest BCUT2D eigenvalue weighted by Crippen LogP contribution is 2.52. The average molecular weight is 301 g/mol. The predicted octanol–water partition coefficient (Wildman–Crippen LogP) is 3.46. The summed E-state index contributed by atoms with van der Waals surface area (Å²) < 4.78 is 2.76. The van der Waals surface area contributed by atoms with Crippen LogP contribution in [0.15, 0.2) is 47.2 Å². The van der Waals surface area contributed by atoms with E-state index < -0.39 is 0 Å². The Morgan fingerprint density at radius 2 is 2.20 bits per heavy atom. The summed E-state index contributed by atoms with van der Waals surface area (Å²) in [6.45, 7) is 0. The Bertz CT molecular complexity index is 671. The molecule has 0 radical (unpaired) electrons. The van der Waals surface area contributed by atoms with E-state index in [9.17, 15) is 10.4 Å².